The Morgan fingerprint density at radius 1 is 1.77 bits per heavy atom. The maximum Gasteiger partial charge on any atom is 0.204 e. The van der Waals surface area contributed by atoms with Gasteiger partial charge in [0.25, 0.3) is 0 Å². The number of hydrogen-bond acceptors (Lipinski definition) is 3. The van der Waals surface area contributed by atoms with E-state index in [1.807, 2.05) is 29.8 Å². The van der Waals surface area contributed by atoms with Gasteiger partial charge in [-0.2, -0.15) is 0 Å². The Labute approximate surface area is 83.4 Å². The summed E-state index contributed by atoms with van der Waals surface area (Å²) >= 11 is 4.80. The normalized spacial score (nSPS) is 10.0. The van der Waals surface area contributed by atoms with E-state index in [2.05, 4.69) is 4.98 Å². The lowest BCUT2D eigenvalue weighted by Gasteiger charge is -2.17. The lowest BCUT2D eigenvalue weighted by atomic mass is 10.4. The van der Waals surface area contributed by atoms with E-state index in [0.717, 1.165) is 18.9 Å². The molecule has 0 atom stereocenters. The molecule has 1 aromatic rings. The molecule has 1 heterocycles. The molecule has 0 saturated carbocycles. The van der Waals surface area contributed by atoms with E-state index in [9.17, 15) is 0 Å². The van der Waals surface area contributed by atoms with E-state index >= 15 is 0 Å². The molecule has 0 fully saturated rings. The van der Waals surface area contributed by atoms with Crippen LogP contribution in [0.4, 0.5) is 5.95 Å². The monoisotopic (exact) mass is 198 g/mol. The highest BCUT2D eigenvalue weighted by Gasteiger charge is 2.05. The van der Waals surface area contributed by atoms with Crippen LogP contribution in [0.1, 0.15) is 6.42 Å². The van der Waals surface area contributed by atoms with E-state index in [0.29, 0.717) is 4.99 Å². The predicted octanol–water partition coefficient (Wildman–Crippen LogP) is 0.533. The average Bonchev–Trinajstić information content (AvgIpc) is 2.47. The van der Waals surface area contributed by atoms with Gasteiger partial charge in [0, 0.05) is 39.5 Å². The van der Waals surface area contributed by atoms with Gasteiger partial charge < -0.3 is 15.2 Å². The van der Waals surface area contributed by atoms with E-state index in [1.54, 1.807) is 6.20 Å². The molecular weight excluding hydrogens is 184 g/mol. The number of nitrogens with zero attached hydrogens (tertiary/aromatic N) is 3. The predicted molar refractivity (Wildman–Crippen MR) is 57.9 cm³/mol. The highest BCUT2D eigenvalue weighted by atomic mass is 32.1. The highest BCUT2D eigenvalue weighted by molar-refractivity contribution is 7.80. The summed E-state index contributed by atoms with van der Waals surface area (Å²) in [5.41, 5.74) is 5.41. The third-order valence-corrected chi connectivity index (χ3v) is 2.03. The first-order valence-corrected chi connectivity index (χ1v) is 4.49. The minimum atomic E-state index is 0.543. The van der Waals surface area contributed by atoms with Gasteiger partial charge in [-0.1, -0.05) is 12.2 Å². The van der Waals surface area contributed by atoms with Crippen molar-refractivity contribution in [1.82, 2.24) is 9.55 Å². The largest absolute Gasteiger partial charge is 0.393 e. The number of anilines is 1. The Hall–Kier alpha value is -1.10. The van der Waals surface area contributed by atoms with Crippen molar-refractivity contribution in [3.63, 3.8) is 0 Å². The van der Waals surface area contributed by atoms with Crippen LogP contribution in [0.2, 0.25) is 0 Å². The number of hydrogen-bond donors (Lipinski definition) is 1. The van der Waals surface area contributed by atoms with Gasteiger partial charge in [-0.25, -0.2) is 4.98 Å². The van der Waals surface area contributed by atoms with Gasteiger partial charge in [0.2, 0.25) is 5.95 Å². The van der Waals surface area contributed by atoms with Crippen molar-refractivity contribution in [3.05, 3.63) is 12.4 Å². The molecule has 1 aromatic heterocycles. The Kier molecular flexibility index (Phi) is 3.25. The standard InChI is InChI=1S/C8H14N4S/c1-11(5-3-7(9)13)8-10-4-6-12(8)2/h4,6H,3,5H2,1-2H3,(H2,9,13). The third kappa shape index (κ3) is 2.69. The first-order chi connectivity index (χ1) is 6.11. The van der Waals surface area contributed by atoms with E-state index in [-0.39, 0.29) is 0 Å². The van der Waals surface area contributed by atoms with Crippen molar-refractivity contribution >= 4 is 23.2 Å². The van der Waals surface area contributed by atoms with Crippen LogP contribution < -0.4 is 10.6 Å². The Balaban J connectivity index is 2.53. The number of rotatable bonds is 4. The van der Waals surface area contributed by atoms with Crippen LogP contribution >= 0.6 is 12.2 Å². The third-order valence-electron chi connectivity index (χ3n) is 1.83. The Morgan fingerprint density at radius 2 is 2.46 bits per heavy atom. The fraction of sp³-hybridized carbons (Fsp3) is 0.500. The lowest BCUT2D eigenvalue weighted by Crippen LogP contribution is -2.25. The molecule has 13 heavy (non-hydrogen) atoms. The van der Waals surface area contributed by atoms with Crippen molar-refractivity contribution < 1.29 is 0 Å². The maximum atomic E-state index is 5.41. The van der Waals surface area contributed by atoms with Gasteiger partial charge in [-0.3, -0.25) is 0 Å². The summed E-state index contributed by atoms with van der Waals surface area (Å²) in [5, 5.41) is 0. The van der Waals surface area contributed by atoms with Crippen LogP contribution in [0.15, 0.2) is 12.4 Å². The molecular formula is C8H14N4S. The van der Waals surface area contributed by atoms with Gasteiger partial charge in [0.15, 0.2) is 0 Å². The molecule has 0 unspecified atom stereocenters. The fourth-order valence-electron chi connectivity index (χ4n) is 1.10. The summed E-state index contributed by atoms with van der Waals surface area (Å²) < 4.78 is 1.96. The molecule has 0 spiro atoms. The SMILES string of the molecule is CN(CCC(N)=S)c1nccn1C. The average molecular weight is 198 g/mol. The highest BCUT2D eigenvalue weighted by Crippen LogP contribution is 2.07. The summed E-state index contributed by atoms with van der Waals surface area (Å²) in [6.45, 7) is 0.806. The Bertz CT molecular complexity index is 294. The maximum absolute atomic E-state index is 5.41. The van der Waals surface area contributed by atoms with E-state index in [1.165, 1.54) is 0 Å². The van der Waals surface area contributed by atoms with Crippen molar-refractivity contribution in [2.45, 2.75) is 6.42 Å². The van der Waals surface area contributed by atoms with Crippen molar-refractivity contribution in [2.24, 2.45) is 12.8 Å². The first-order valence-electron chi connectivity index (χ1n) is 4.08. The summed E-state index contributed by atoms with van der Waals surface area (Å²) in [6.07, 6.45) is 4.40. The van der Waals surface area contributed by atoms with Crippen molar-refractivity contribution in [3.8, 4) is 0 Å². The molecule has 0 aliphatic carbocycles. The first kappa shape index (κ1) is 9.98. The van der Waals surface area contributed by atoms with E-state index in [4.69, 9.17) is 18.0 Å². The zero-order chi connectivity index (χ0) is 9.84. The summed E-state index contributed by atoms with van der Waals surface area (Å²) in [6, 6.07) is 0. The second kappa shape index (κ2) is 4.23. The quantitative estimate of drug-likeness (QED) is 0.717. The van der Waals surface area contributed by atoms with Gasteiger partial charge in [-0.05, 0) is 0 Å². The van der Waals surface area contributed by atoms with Gasteiger partial charge in [0.1, 0.15) is 0 Å². The molecule has 0 saturated heterocycles. The molecule has 0 aliphatic rings. The zero-order valence-electron chi connectivity index (χ0n) is 7.90. The number of nitrogens with two attached hydrogens (primary N) is 1. The van der Waals surface area contributed by atoms with Crippen LogP contribution in [-0.4, -0.2) is 28.1 Å². The molecule has 72 valence electrons. The topological polar surface area (TPSA) is 47.1 Å². The fourth-order valence-corrected chi connectivity index (χ4v) is 1.19. The molecule has 0 aliphatic heterocycles. The molecule has 2 N–H and O–H groups in total. The zero-order valence-corrected chi connectivity index (χ0v) is 8.71. The minimum absolute atomic E-state index is 0.543. The van der Waals surface area contributed by atoms with Crippen LogP contribution in [0.3, 0.4) is 0 Å². The van der Waals surface area contributed by atoms with Crippen LogP contribution in [-0.2, 0) is 7.05 Å². The number of aromatic nitrogens is 2. The van der Waals surface area contributed by atoms with Crippen LogP contribution in [0, 0.1) is 0 Å². The van der Waals surface area contributed by atoms with Gasteiger partial charge in [-0.15, -0.1) is 0 Å². The smallest absolute Gasteiger partial charge is 0.204 e. The number of thiocarbonyl (C=S) groups is 1. The van der Waals surface area contributed by atoms with Crippen LogP contribution in [0.5, 0.6) is 0 Å². The molecule has 0 aromatic carbocycles. The second-order valence-corrected chi connectivity index (χ2v) is 3.50. The molecule has 0 amide bonds. The van der Waals surface area contributed by atoms with Crippen molar-refractivity contribution in [2.75, 3.05) is 18.5 Å². The Morgan fingerprint density at radius 3 is 2.92 bits per heavy atom. The molecule has 4 nitrogen and oxygen atoms in total. The molecule has 5 heteroatoms. The minimum Gasteiger partial charge on any atom is -0.393 e. The van der Waals surface area contributed by atoms with Crippen LogP contribution in [0.25, 0.3) is 0 Å². The van der Waals surface area contributed by atoms with Gasteiger partial charge in [0.05, 0.1) is 4.99 Å². The number of aryl methyl sites for hydroxylation is 1. The van der Waals surface area contributed by atoms with Crippen molar-refractivity contribution in [1.29, 1.82) is 0 Å². The number of imidazole rings is 1. The van der Waals surface area contributed by atoms with Gasteiger partial charge >= 0.3 is 0 Å². The van der Waals surface area contributed by atoms with E-state index < -0.39 is 0 Å². The summed E-state index contributed by atoms with van der Waals surface area (Å²) in [5.74, 6) is 0.927. The summed E-state index contributed by atoms with van der Waals surface area (Å²) in [7, 11) is 3.93. The second-order valence-electron chi connectivity index (χ2n) is 2.98. The molecule has 0 radical (unpaired) electrons. The summed E-state index contributed by atoms with van der Waals surface area (Å²) in [4.78, 5) is 6.77. The lowest BCUT2D eigenvalue weighted by molar-refractivity contribution is 0.810. The molecule has 0 bridgehead atoms. The molecule has 1 rings (SSSR count).